The Morgan fingerprint density at radius 3 is 2.71 bits per heavy atom. The molecule has 2 heterocycles. The Morgan fingerprint density at radius 2 is 1.96 bits per heavy atom. The molecule has 1 aliphatic heterocycles. The Hall–Kier alpha value is -2.27. The van der Waals surface area contributed by atoms with Crippen molar-refractivity contribution in [2.24, 2.45) is 5.92 Å². The third kappa shape index (κ3) is 4.25. The predicted octanol–water partition coefficient (Wildman–Crippen LogP) is 4.83. The molecule has 0 radical (unpaired) electrons. The number of aromatic nitrogens is 1. The SMILES string of the molecule is Cc1noc2c1C=C(CCCN1CCC(C(=O)c3ccc(F)cc3)CC1)CC2. The maximum absolute atomic E-state index is 13.0. The number of carbonyl (C=O) groups excluding carboxylic acids is 1. The van der Waals surface area contributed by atoms with Crippen LogP contribution in [0.15, 0.2) is 34.4 Å². The van der Waals surface area contributed by atoms with Crippen molar-refractivity contribution < 1.29 is 13.7 Å². The van der Waals surface area contributed by atoms with Crippen LogP contribution in [-0.4, -0.2) is 35.5 Å². The van der Waals surface area contributed by atoms with Crippen molar-refractivity contribution in [3.63, 3.8) is 0 Å². The highest BCUT2D eigenvalue weighted by Gasteiger charge is 2.25. The van der Waals surface area contributed by atoms with Crippen LogP contribution in [0.1, 0.15) is 59.5 Å². The van der Waals surface area contributed by atoms with Crippen molar-refractivity contribution in [2.45, 2.75) is 45.4 Å². The molecule has 0 atom stereocenters. The molecule has 1 fully saturated rings. The number of halogens is 1. The molecule has 4 rings (SSSR count). The minimum atomic E-state index is -0.296. The standard InChI is InChI=1S/C23H27FN2O2/c1-16-21-15-17(4-9-22(21)28-25-16)3-2-12-26-13-10-19(11-14-26)23(27)18-5-7-20(24)8-6-18/h5-8,15,19H,2-4,9-14H2,1H3. The summed E-state index contributed by atoms with van der Waals surface area (Å²) in [4.78, 5) is 15.0. The van der Waals surface area contributed by atoms with Gasteiger partial charge in [0.15, 0.2) is 5.78 Å². The number of likely N-dealkylation sites (tertiary alicyclic amines) is 1. The van der Waals surface area contributed by atoms with Gasteiger partial charge in [-0.05, 0) is 82.9 Å². The van der Waals surface area contributed by atoms with Crippen molar-refractivity contribution in [1.29, 1.82) is 0 Å². The monoisotopic (exact) mass is 382 g/mol. The Bertz CT molecular complexity index is 861. The summed E-state index contributed by atoms with van der Waals surface area (Å²) in [6.07, 6.45) is 8.32. The van der Waals surface area contributed by atoms with E-state index in [0.717, 1.165) is 69.6 Å². The van der Waals surface area contributed by atoms with Gasteiger partial charge in [0, 0.05) is 23.5 Å². The summed E-state index contributed by atoms with van der Waals surface area (Å²) in [7, 11) is 0. The summed E-state index contributed by atoms with van der Waals surface area (Å²) in [6.45, 7) is 5.00. The van der Waals surface area contributed by atoms with Crippen molar-refractivity contribution in [2.75, 3.05) is 19.6 Å². The fourth-order valence-corrected chi connectivity index (χ4v) is 4.33. The van der Waals surface area contributed by atoms with Gasteiger partial charge in [-0.15, -0.1) is 0 Å². The van der Waals surface area contributed by atoms with Crippen LogP contribution >= 0.6 is 0 Å². The van der Waals surface area contributed by atoms with Gasteiger partial charge < -0.3 is 9.42 Å². The molecule has 2 aliphatic rings. The minimum absolute atomic E-state index is 0.0674. The third-order valence-electron chi connectivity index (χ3n) is 6.06. The van der Waals surface area contributed by atoms with Crippen LogP contribution in [0.5, 0.6) is 0 Å². The summed E-state index contributed by atoms with van der Waals surface area (Å²) in [5.41, 5.74) is 4.29. The second-order valence-electron chi connectivity index (χ2n) is 8.00. The second-order valence-corrected chi connectivity index (χ2v) is 8.00. The van der Waals surface area contributed by atoms with E-state index in [1.807, 2.05) is 6.92 Å². The minimum Gasteiger partial charge on any atom is -0.360 e. The van der Waals surface area contributed by atoms with E-state index >= 15 is 0 Å². The van der Waals surface area contributed by atoms with E-state index in [2.05, 4.69) is 16.1 Å². The molecule has 148 valence electrons. The van der Waals surface area contributed by atoms with Crippen LogP contribution in [0, 0.1) is 18.7 Å². The van der Waals surface area contributed by atoms with Crippen molar-refractivity contribution in [3.05, 3.63) is 58.2 Å². The summed E-state index contributed by atoms with van der Waals surface area (Å²) >= 11 is 0. The number of aryl methyl sites for hydroxylation is 2. The van der Waals surface area contributed by atoms with Gasteiger partial charge in [-0.1, -0.05) is 16.8 Å². The zero-order chi connectivity index (χ0) is 19.5. The first-order valence-corrected chi connectivity index (χ1v) is 10.3. The largest absolute Gasteiger partial charge is 0.360 e. The van der Waals surface area contributed by atoms with Gasteiger partial charge in [-0.3, -0.25) is 4.79 Å². The molecule has 4 nitrogen and oxygen atoms in total. The maximum atomic E-state index is 13.0. The Morgan fingerprint density at radius 1 is 1.21 bits per heavy atom. The number of allylic oxidation sites excluding steroid dienone is 1. The lowest BCUT2D eigenvalue weighted by Crippen LogP contribution is -2.37. The molecule has 0 spiro atoms. The highest BCUT2D eigenvalue weighted by molar-refractivity contribution is 5.97. The predicted molar refractivity (Wildman–Crippen MR) is 107 cm³/mol. The number of carbonyl (C=O) groups is 1. The molecule has 1 aliphatic carbocycles. The summed E-state index contributed by atoms with van der Waals surface area (Å²) in [5.74, 6) is 0.952. The van der Waals surface area contributed by atoms with Gasteiger partial charge in [-0.25, -0.2) is 4.39 Å². The van der Waals surface area contributed by atoms with E-state index < -0.39 is 0 Å². The Labute approximate surface area is 165 Å². The van der Waals surface area contributed by atoms with Crippen LogP contribution in [0.4, 0.5) is 4.39 Å². The van der Waals surface area contributed by atoms with E-state index in [4.69, 9.17) is 4.52 Å². The van der Waals surface area contributed by atoms with Crippen LogP contribution in [0.25, 0.3) is 6.08 Å². The Balaban J connectivity index is 1.22. The molecule has 0 amide bonds. The lowest BCUT2D eigenvalue weighted by atomic mass is 9.88. The van der Waals surface area contributed by atoms with Gasteiger partial charge >= 0.3 is 0 Å². The lowest BCUT2D eigenvalue weighted by molar-refractivity contribution is 0.0839. The topological polar surface area (TPSA) is 46.3 Å². The highest BCUT2D eigenvalue weighted by Crippen LogP contribution is 2.29. The summed E-state index contributed by atoms with van der Waals surface area (Å²) < 4.78 is 18.4. The first-order chi connectivity index (χ1) is 13.6. The summed E-state index contributed by atoms with van der Waals surface area (Å²) in [5, 5.41) is 4.06. The average Bonchev–Trinajstić information content (AvgIpc) is 3.09. The van der Waals surface area contributed by atoms with E-state index in [1.54, 1.807) is 12.1 Å². The third-order valence-corrected chi connectivity index (χ3v) is 6.06. The fraction of sp³-hybridized carbons (Fsp3) is 0.478. The van der Waals surface area contributed by atoms with E-state index in [1.165, 1.54) is 23.3 Å². The van der Waals surface area contributed by atoms with Crippen LogP contribution in [0.2, 0.25) is 0 Å². The van der Waals surface area contributed by atoms with Gasteiger partial charge in [0.2, 0.25) is 0 Å². The molecule has 5 heteroatoms. The first kappa shape index (κ1) is 19.1. The van der Waals surface area contributed by atoms with E-state index in [-0.39, 0.29) is 17.5 Å². The molecule has 1 saturated heterocycles. The average molecular weight is 382 g/mol. The van der Waals surface area contributed by atoms with Gasteiger partial charge in [0.05, 0.1) is 5.69 Å². The number of ketones is 1. The molecule has 28 heavy (non-hydrogen) atoms. The van der Waals surface area contributed by atoms with Gasteiger partial charge in [0.1, 0.15) is 11.6 Å². The molecule has 0 unspecified atom stereocenters. The number of hydrogen-bond donors (Lipinski definition) is 0. The number of nitrogens with zero attached hydrogens (tertiary/aromatic N) is 2. The van der Waals surface area contributed by atoms with E-state index in [0.29, 0.717) is 5.56 Å². The number of hydrogen-bond acceptors (Lipinski definition) is 4. The maximum Gasteiger partial charge on any atom is 0.166 e. The number of rotatable bonds is 6. The normalized spacial score (nSPS) is 18.0. The van der Waals surface area contributed by atoms with Crippen molar-refractivity contribution in [3.8, 4) is 0 Å². The molecule has 0 saturated carbocycles. The quantitative estimate of drug-likeness (QED) is 0.672. The van der Waals surface area contributed by atoms with E-state index in [9.17, 15) is 9.18 Å². The molecule has 1 aromatic heterocycles. The molecular formula is C23H27FN2O2. The zero-order valence-corrected chi connectivity index (χ0v) is 16.4. The lowest BCUT2D eigenvalue weighted by Gasteiger charge is -2.31. The van der Waals surface area contributed by atoms with Crippen molar-refractivity contribution >= 4 is 11.9 Å². The van der Waals surface area contributed by atoms with Gasteiger partial charge in [-0.2, -0.15) is 0 Å². The second kappa shape index (κ2) is 8.39. The van der Waals surface area contributed by atoms with Crippen LogP contribution in [0.3, 0.4) is 0 Å². The smallest absolute Gasteiger partial charge is 0.166 e. The number of benzene rings is 1. The first-order valence-electron chi connectivity index (χ1n) is 10.3. The van der Waals surface area contributed by atoms with Crippen LogP contribution < -0.4 is 0 Å². The zero-order valence-electron chi connectivity index (χ0n) is 16.4. The molecule has 0 bridgehead atoms. The van der Waals surface area contributed by atoms with Crippen molar-refractivity contribution in [1.82, 2.24) is 10.1 Å². The van der Waals surface area contributed by atoms with Crippen LogP contribution in [-0.2, 0) is 6.42 Å². The summed E-state index contributed by atoms with van der Waals surface area (Å²) in [6, 6.07) is 5.94. The molecular weight excluding hydrogens is 355 g/mol. The Kier molecular flexibility index (Phi) is 5.72. The number of piperidine rings is 1. The number of fused-ring (bicyclic) bond motifs is 1. The fourth-order valence-electron chi connectivity index (χ4n) is 4.33. The number of Topliss-reactive ketones (excluding diaryl/α,β-unsaturated/α-hetero) is 1. The molecule has 2 aromatic rings. The molecule has 0 N–H and O–H groups in total. The molecule has 1 aromatic carbocycles. The van der Waals surface area contributed by atoms with Gasteiger partial charge in [0.25, 0.3) is 0 Å². The highest BCUT2D eigenvalue weighted by atomic mass is 19.1.